The van der Waals surface area contributed by atoms with Crippen molar-refractivity contribution in [3.8, 4) is 11.5 Å². The van der Waals surface area contributed by atoms with E-state index in [1.807, 2.05) is 12.1 Å². The van der Waals surface area contributed by atoms with Gasteiger partial charge in [0.25, 0.3) is 0 Å². The van der Waals surface area contributed by atoms with Crippen molar-refractivity contribution in [2.75, 3.05) is 20.8 Å². The standard InChI is InChI=1S/C14H20BrNO2/c1-5-16-10(2)6-7-11-8-13(17-3)14(18-4)9-12(11)15/h6-10,16H,5H2,1-4H3/b7-6+. The van der Waals surface area contributed by atoms with Gasteiger partial charge < -0.3 is 14.8 Å². The van der Waals surface area contributed by atoms with Crippen LogP contribution in [0.15, 0.2) is 22.7 Å². The van der Waals surface area contributed by atoms with E-state index in [2.05, 4.69) is 47.2 Å². The number of halogens is 1. The van der Waals surface area contributed by atoms with E-state index in [4.69, 9.17) is 9.47 Å². The molecule has 1 rings (SSSR count). The van der Waals surface area contributed by atoms with Crippen molar-refractivity contribution >= 4 is 22.0 Å². The van der Waals surface area contributed by atoms with Gasteiger partial charge >= 0.3 is 0 Å². The lowest BCUT2D eigenvalue weighted by Gasteiger charge is -2.10. The second kappa shape index (κ2) is 7.44. The van der Waals surface area contributed by atoms with E-state index in [1.165, 1.54) is 0 Å². The highest BCUT2D eigenvalue weighted by molar-refractivity contribution is 9.10. The van der Waals surface area contributed by atoms with Gasteiger partial charge in [-0.1, -0.05) is 35.0 Å². The maximum atomic E-state index is 5.29. The summed E-state index contributed by atoms with van der Waals surface area (Å²) in [6.45, 7) is 5.17. The number of hydrogen-bond donors (Lipinski definition) is 1. The van der Waals surface area contributed by atoms with E-state index in [0.717, 1.165) is 28.1 Å². The number of methoxy groups -OCH3 is 2. The number of ether oxygens (including phenoxy) is 2. The fourth-order valence-electron chi connectivity index (χ4n) is 1.64. The van der Waals surface area contributed by atoms with Crippen LogP contribution in [-0.4, -0.2) is 26.8 Å². The number of nitrogens with one attached hydrogen (secondary N) is 1. The van der Waals surface area contributed by atoms with E-state index in [1.54, 1.807) is 14.2 Å². The lowest BCUT2D eigenvalue weighted by molar-refractivity contribution is 0.354. The molecule has 1 aromatic rings. The second-order valence-electron chi connectivity index (χ2n) is 3.93. The van der Waals surface area contributed by atoms with E-state index in [0.29, 0.717) is 6.04 Å². The monoisotopic (exact) mass is 313 g/mol. The van der Waals surface area contributed by atoms with Crippen LogP contribution in [0.2, 0.25) is 0 Å². The summed E-state index contributed by atoms with van der Waals surface area (Å²) in [5.74, 6) is 1.46. The smallest absolute Gasteiger partial charge is 0.161 e. The lowest BCUT2D eigenvalue weighted by Crippen LogP contribution is -2.22. The average molecular weight is 314 g/mol. The second-order valence-corrected chi connectivity index (χ2v) is 4.79. The number of hydrogen-bond acceptors (Lipinski definition) is 3. The fourth-order valence-corrected chi connectivity index (χ4v) is 2.09. The molecule has 100 valence electrons. The Kier molecular flexibility index (Phi) is 6.22. The van der Waals surface area contributed by atoms with Crippen molar-refractivity contribution in [1.29, 1.82) is 0 Å². The van der Waals surface area contributed by atoms with Crippen LogP contribution in [0.25, 0.3) is 6.08 Å². The zero-order valence-electron chi connectivity index (χ0n) is 11.3. The van der Waals surface area contributed by atoms with Gasteiger partial charge in [-0.2, -0.15) is 0 Å². The molecule has 3 nitrogen and oxygen atoms in total. The first-order valence-corrected chi connectivity index (χ1v) is 6.74. The molecule has 1 aromatic carbocycles. The highest BCUT2D eigenvalue weighted by atomic mass is 79.9. The third kappa shape index (κ3) is 4.03. The first-order chi connectivity index (χ1) is 8.62. The fraction of sp³-hybridized carbons (Fsp3) is 0.429. The Bertz CT molecular complexity index is 419. The largest absolute Gasteiger partial charge is 0.493 e. The van der Waals surface area contributed by atoms with E-state index < -0.39 is 0 Å². The van der Waals surface area contributed by atoms with Crippen LogP contribution >= 0.6 is 15.9 Å². The van der Waals surface area contributed by atoms with Crippen molar-refractivity contribution in [3.05, 3.63) is 28.2 Å². The summed E-state index contributed by atoms with van der Waals surface area (Å²) in [7, 11) is 3.27. The molecule has 0 bridgehead atoms. The predicted molar refractivity (Wildman–Crippen MR) is 79.4 cm³/mol. The zero-order chi connectivity index (χ0) is 13.5. The number of likely N-dealkylation sites (N-methyl/N-ethyl adjacent to an activating group) is 1. The molecule has 0 spiro atoms. The number of rotatable bonds is 6. The van der Waals surface area contributed by atoms with Crippen molar-refractivity contribution in [1.82, 2.24) is 5.32 Å². The first kappa shape index (κ1) is 15.1. The summed E-state index contributed by atoms with van der Waals surface area (Å²) >= 11 is 3.53. The Balaban J connectivity index is 2.95. The molecule has 1 N–H and O–H groups in total. The maximum Gasteiger partial charge on any atom is 0.161 e. The van der Waals surface area contributed by atoms with Crippen LogP contribution in [-0.2, 0) is 0 Å². The van der Waals surface area contributed by atoms with Crippen LogP contribution in [0.3, 0.4) is 0 Å². The van der Waals surface area contributed by atoms with Crippen molar-refractivity contribution < 1.29 is 9.47 Å². The minimum Gasteiger partial charge on any atom is -0.493 e. The topological polar surface area (TPSA) is 30.5 Å². The Hall–Kier alpha value is -1.00. The summed E-state index contributed by atoms with van der Waals surface area (Å²) < 4.78 is 11.5. The molecule has 0 aliphatic rings. The SMILES string of the molecule is CCNC(C)/C=C/c1cc(OC)c(OC)cc1Br. The van der Waals surface area contributed by atoms with Gasteiger partial charge in [-0.3, -0.25) is 0 Å². The highest BCUT2D eigenvalue weighted by Crippen LogP contribution is 2.33. The van der Waals surface area contributed by atoms with Gasteiger partial charge in [-0.25, -0.2) is 0 Å². The van der Waals surface area contributed by atoms with Crippen molar-refractivity contribution in [2.45, 2.75) is 19.9 Å². The van der Waals surface area contributed by atoms with Crippen molar-refractivity contribution in [3.63, 3.8) is 0 Å². The maximum absolute atomic E-state index is 5.29. The molecule has 0 aliphatic heterocycles. The minimum absolute atomic E-state index is 0.343. The minimum atomic E-state index is 0.343. The Morgan fingerprint density at radius 3 is 2.44 bits per heavy atom. The molecular formula is C14H20BrNO2. The van der Waals surface area contributed by atoms with Gasteiger partial charge in [0.15, 0.2) is 11.5 Å². The predicted octanol–water partition coefficient (Wildman–Crippen LogP) is 3.48. The molecule has 0 heterocycles. The molecule has 1 unspecified atom stereocenters. The Labute approximate surface area is 117 Å². The van der Waals surface area contributed by atoms with Gasteiger partial charge in [0.2, 0.25) is 0 Å². The Morgan fingerprint density at radius 1 is 1.28 bits per heavy atom. The summed E-state index contributed by atoms with van der Waals surface area (Å²) in [5.41, 5.74) is 1.07. The van der Waals surface area contributed by atoms with Crippen LogP contribution in [0.5, 0.6) is 11.5 Å². The first-order valence-electron chi connectivity index (χ1n) is 5.95. The quantitative estimate of drug-likeness (QED) is 0.872. The highest BCUT2D eigenvalue weighted by Gasteiger charge is 2.07. The summed E-state index contributed by atoms with van der Waals surface area (Å²) in [6.07, 6.45) is 4.19. The molecule has 0 aromatic heterocycles. The molecule has 0 amide bonds. The molecule has 0 saturated heterocycles. The van der Waals surface area contributed by atoms with E-state index >= 15 is 0 Å². The normalized spacial score (nSPS) is 12.7. The van der Waals surface area contributed by atoms with E-state index in [-0.39, 0.29) is 0 Å². The zero-order valence-corrected chi connectivity index (χ0v) is 12.9. The molecule has 1 atom stereocenters. The molecule has 0 aliphatic carbocycles. The van der Waals surface area contributed by atoms with Crippen LogP contribution in [0, 0.1) is 0 Å². The van der Waals surface area contributed by atoms with Crippen LogP contribution in [0.4, 0.5) is 0 Å². The van der Waals surface area contributed by atoms with Gasteiger partial charge in [-0.15, -0.1) is 0 Å². The van der Waals surface area contributed by atoms with Crippen molar-refractivity contribution in [2.24, 2.45) is 0 Å². The molecular weight excluding hydrogens is 294 g/mol. The Morgan fingerprint density at radius 2 is 1.89 bits per heavy atom. The van der Waals surface area contributed by atoms with Gasteiger partial charge in [0, 0.05) is 10.5 Å². The molecule has 0 fully saturated rings. The molecule has 0 radical (unpaired) electrons. The van der Waals surface area contributed by atoms with Gasteiger partial charge in [0.1, 0.15) is 0 Å². The van der Waals surface area contributed by atoms with Gasteiger partial charge in [0.05, 0.1) is 14.2 Å². The van der Waals surface area contributed by atoms with E-state index in [9.17, 15) is 0 Å². The summed E-state index contributed by atoms with van der Waals surface area (Å²) in [4.78, 5) is 0. The van der Waals surface area contributed by atoms with Crippen LogP contribution < -0.4 is 14.8 Å². The lowest BCUT2D eigenvalue weighted by atomic mass is 10.1. The molecule has 0 saturated carbocycles. The average Bonchev–Trinajstić information content (AvgIpc) is 2.37. The summed E-state index contributed by atoms with van der Waals surface area (Å²) in [6, 6.07) is 4.21. The number of benzene rings is 1. The summed E-state index contributed by atoms with van der Waals surface area (Å²) in [5, 5.41) is 3.33. The van der Waals surface area contributed by atoms with Gasteiger partial charge in [-0.05, 0) is 31.2 Å². The molecule has 4 heteroatoms. The van der Waals surface area contributed by atoms with Crippen LogP contribution in [0.1, 0.15) is 19.4 Å². The third-order valence-electron chi connectivity index (χ3n) is 2.59. The molecule has 18 heavy (non-hydrogen) atoms. The third-order valence-corrected chi connectivity index (χ3v) is 3.28.